The van der Waals surface area contributed by atoms with Crippen molar-refractivity contribution in [2.45, 2.75) is 13.8 Å². The maximum absolute atomic E-state index is 10.7. The minimum Gasteiger partial charge on any atom is -0.515 e. The average molecular weight is 172 g/mol. The molecule has 0 heterocycles. The maximum atomic E-state index is 10.7. The van der Waals surface area contributed by atoms with Crippen LogP contribution in [0.4, 0.5) is 4.79 Å². The van der Waals surface area contributed by atoms with Gasteiger partial charge in [0, 0.05) is 5.57 Å². The summed E-state index contributed by atoms with van der Waals surface area (Å²) in [4.78, 5) is 14.0. The summed E-state index contributed by atoms with van der Waals surface area (Å²) < 4.78 is 4.49. The molecule has 0 radical (unpaired) electrons. The van der Waals surface area contributed by atoms with Crippen LogP contribution >= 0.6 is 0 Å². The Kier molecular flexibility index (Phi) is 4.52. The highest BCUT2D eigenvalue weighted by atomic mass is 16.5. The molecule has 68 valence electrons. The van der Waals surface area contributed by atoms with E-state index >= 15 is 0 Å². The minimum absolute atomic E-state index is 0.0454. The first-order valence-corrected chi connectivity index (χ1v) is 3.44. The normalized spacial score (nSPS) is 12.8. The smallest absolute Gasteiger partial charge is 0.435 e. The van der Waals surface area contributed by atoms with Gasteiger partial charge in [-0.3, -0.25) is 0 Å². The van der Waals surface area contributed by atoms with Gasteiger partial charge < -0.3 is 15.6 Å². The van der Waals surface area contributed by atoms with Crippen LogP contribution in [0.3, 0.4) is 0 Å². The molecule has 3 N–H and O–H groups in total. The Hall–Kier alpha value is -1.52. The molecule has 0 aromatic heterocycles. The molecule has 0 saturated heterocycles. The molecule has 0 rings (SSSR count). The lowest BCUT2D eigenvalue weighted by atomic mass is 10.3. The second-order valence-electron chi connectivity index (χ2n) is 2.01. The molecule has 0 saturated carbocycles. The Balaban J connectivity index is 4.26. The van der Waals surface area contributed by atoms with Gasteiger partial charge in [0.1, 0.15) is 5.84 Å². The second kappa shape index (κ2) is 5.17. The molecular formula is C7H12N2O3. The summed E-state index contributed by atoms with van der Waals surface area (Å²) in [5, 5.41) is 8.47. The van der Waals surface area contributed by atoms with Gasteiger partial charge in [0.05, 0.1) is 12.9 Å². The standard InChI is InChI=1S/C7H12N2O3/c1-3-12-7(11)9-6(8)5(2)4-10/h4,10H,3H2,1-2H3,(H2,8,9,11). The number of aliphatic imine (C=N–C) groups is 1. The van der Waals surface area contributed by atoms with Gasteiger partial charge in [-0.2, -0.15) is 4.99 Å². The van der Waals surface area contributed by atoms with Crippen LogP contribution in [0.25, 0.3) is 0 Å². The number of aliphatic hydroxyl groups is 1. The highest BCUT2D eigenvalue weighted by Gasteiger charge is 2.01. The van der Waals surface area contributed by atoms with Crippen molar-refractivity contribution in [2.75, 3.05) is 6.61 Å². The Morgan fingerprint density at radius 1 is 1.75 bits per heavy atom. The van der Waals surface area contributed by atoms with Crippen LogP contribution in [-0.4, -0.2) is 23.6 Å². The Bertz CT molecular complexity index is 221. The lowest BCUT2D eigenvalue weighted by Gasteiger charge is -1.98. The van der Waals surface area contributed by atoms with Gasteiger partial charge in [0.25, 0.3) is 0 Å². The van der Waals surface area contributed by atoms with E-state index < -0.39 is 6.09 Å². The SMILES string of the molecule is CCOC(=O)/N=C(\N)C(C)=CO. The predicted molar refractivity (Wildman–Crippen MR) is 45.0 cm³/mol. The fourth-order valence-corrected chi connectivity index (χ4v) is 0.408. The van der Waals surface area contributed by atoms with Crippen molar-refractivity contribution in [1.29, 1.82) is 0 Å². The lowest BCUT2D eigenvalue weighted by Crippen LogP contribution is -2.16. The molecule has 0 aliphatic carbocycles. The number of hydrogen-bond donors (Lipinski definition) is 2. The van der Waals surface area contributed by atoms with Crippen molar-refractivity contribution in [3.63, 3.8) is 0 Å². The largest absolute Gasteiger partial charge is 0.515 e. The summed E-state index contributed by atoms with van der Waals surface area (Å²) in [5.74, 6) is -0.0454. The van der Waals surface area contributed by atoms with Crippen LogP contribution in [0.1, 0.15) is 13.8 Å². The molecule has 12 heavy (non-hydrogen) atoms. The van der Waals surface area contributed by atoms with Crippen LogP contribution < -0.4 is 5.73 Å². The molecule has 0 spiro atoms. The quantitative estimate of drug-likeness (QED) is 0.369. The maximum Gasteiger partial charge on any atom is 0.435 e. The number of amides is 1. The summed E-state index contributed by atoms with van der Waals surface area (Å²) in [6.07, 6.45) is 0.0223. The zero-order chi connectivity index (χ0) is 9.56. The molecule has 0 fully saturated rings. The average Bonchev–Trinajstić information content (AvgIpc) is 2.03. The van der Waals surface area contributed by atoms with E-state index in [-0.39, 0.29) is 12.4 Å². The highest BCUT2D eigenvalue weighted by molar-refractivity contribution is 6.01. The Labute approximate surface area is 70.5 Å². The van der Waals surface area contributed by atoms with E-state index in [0.717, 1.165) is 6.26 Å². The Morgan fingerprint density at radius 3 is 2.75 bits per heavy atom. The molecular weight excluding hydrogens is 160 g/mol. The third-order valence-corrected chi connectivity index (χ3v) is 1.08. The van der Waals surface area contributed by atoms with E-state index in [4.69, 9.17) is 10.8 Å². The van der Waals surface area contributed by atoms with Crippen molar-refractivity contribution in [3.05, 3.63) is 11.8 Å². The van der Waals surface area contributed by atoms with Crippen molar-refractivity contribution in [2.24, 2.45) is 10.7 Å². The monoisotopic (exact) mass is 172 g/mol. The highest BCUT2D eigenvalue weighted by Crippen LogP contribution is 1.92. The lowest BCUT2D eigenvalue weighted by molar-refractivity contribution is 0.163. The van der Waals surface area contributed by atoms with Gasteiger partial charge in [0.2, 0.25) is 0 Å². The number of carbonyl (C=O) groups excluding carboxylic acids is 1. The van der Waals surface area contributed by atoms with E-state index in [1.54, 1.807) is 6.92 Å². The minimum atomic E-state index is -0.754. The molecule has 0 aromatic rings. The first-order valence-electron chi connectivity index (χ1n) is 3.44. The fraction of sp³-hybridized carbons (Fsp3) is 0.429. The number of nitrogens with two attached hydrogens (primary N) is 1. The van der Waals surface area contributed by atoms with E-state index in [1.165, 1.54) is 6.92 Å². The van der Waals surface area contributed by atoms with Crippen LogP contribution in [0.5, 0.6) is 0 Å². The molecule has 5 heteroatoms. The number of hydrogen-bond acceptors (Lipinski definition) is 3. The van der Waals surface area contributed by atoms with Crippen molar-refractivity contribution < 1.29 is 14.6 Å². The summed E-state index contributed by atoms with van der Waals surface area (Å²) in [6.45, 7) is 3.44. The van der Waals surface area contributed by atoms with Gasteiger partial charge in [0.15, 0.2) is 0 Å². The Morgan fingerprint density at radius 2 is 2.33 bits per heavy atom. The number of nitrogens with zero attached hydrogens (tertiary/aromatic N) is 1. The first-order chi connectivity index (χ1) is 5.61. The van der Waals surface area contributed by atoms with Crippen LogP contribution in [0.15, 0.2) is 16.8 Å². The zero-order valence-electron chi connectivity index (χ0n) is 7.07. The van der Waals surface area contributed by atoms with Gasteiger partial charge in [-0.05, 0) is 13.8 Å². The molecule has 5 nitrogen and oxygen atoms in total. The van der Waals surface area contributed by atoms with Crippen LogP contribution in [0, 0.1) is 0 Å². The molecule has 0 bridgehead atoms. The number of rotatable bonds is 2. The number of ether oxygens (including phenoxy) is 1. The number of aliphatic hydroxyl groups excluding tert-OH is 1. The zero-order valence-corrected chi connectivity index (χ0v) is 7.07. The van der Waals surface area contributed by atoms with Crippen molar-refractivity contribution in [3.8, 4) is 0 Å². The van der Waals surface area contributed by atoms with Gasteiger partial charge in [-0.15, -0.1) is 0 Å². The topological polar surface area (TPSA) is 84.9 Å². The summed E-state index contributed by atoms with van der Waals surface area (Å²) in [7, 11) is 0. The van der Waals surface area contributed by atoms with Gasteiger partial charge in [-0.1, -0.05) is 0 Å². The second-order valence-corrected chi connectivity index (χ2v) is 2.01. The van der Waals surface area contributed by atoms with Crippen molar-refractivity contribution in [1.82, 2.24) is 0 Å². The van der Waals surface area contributed by atoms with E-state index in [0.29, 0.717) is 5.57 Å². The van der Waals surface area contributed by atoms with Gasteiger partial charge in [-0.25, -0.2) is 4.79 Å². The van der Waals surface area contributed by atoms with E-state index in [9.17, 15) is 4.79 Å². The molecule has 0 atom stereocenters. The van der Waals surface area contributed by atoms with E-state index in [1.807, 2.05) is 0 Å². The third kappa shape index (κ3) is 3.60. The molecule has 0 aromatic carbocycles. The number of amidine groups is 1. The molecule has 1 amide bonds. The molecule has 0 aliphatic rings. The summed E-state index contributed by atoms with van der Waals surface area (Å²) in [5.41, 5.74) is 5.60. The molecule has 0 aliphatic heterocycles. The third-order valence-electron chi connectivity index (χ3n) is 1.08. The van der Waals surface area contributed by atoms with Crippen molar-refractivity contribution >= 4 is 11.9 Å². The van der Waals surface area contributed by atoms with Crippen LogP contribution in [0.2, 0.25) is 0 Å². The summed E-state index contributed by atoms with van der Waals surface area (Å²) >= 11 is 0. The van der Waals surface area contributed by atoms with E-state index in [2.05, 4.69) is 9.73 Å². The molecule has 0 unspecified atom stereocenters. The first kappa shape index (κ1) is 10.5. The predicted octanol–water partition coefficient (Wildman–Crippen LogP) is 0.962. The van der Waals surface area contributed by atoms with Crippen LogP contribution in [-0.2, 0) is 4.74 Å². The van der Waals surface area contributed by atoms with Gasteiger partial charge >= 0.3 is 6.09 Å². The number of carbonyl (C=O) groups is 1. The summed E-state index contributed by atoms with van der Waals surface area (Å²) in [6, 6.07) is 0. The fourth-order valence-electron chi connectivity index (χ4n) is 0.408.